The fourth-order valence-corrected chi connectivity index (χ4v) is 2.53. The highest BCUT2D eigenvalue weighted by Gasteiger charge is 2.14. The first-order valence-corrected chi connectivity index (χ1v) is 8.61. The van der Waals surface area contributed by atoms with Gasteiger partial charge in [0, 0.05) is 5.56 Å². The molecular formula is C21H20N2O4. The van der Waals surface area contributed by atoms with Gasteiger partial charge in [-0.05, 0) is 55.5 Å². The molecule has 3 aromatic rings. The molecule has 2 N–H and O–H groups in total. The van der Waals surface area contributed by atoms with Crippen LogP contribution in [0.4, 0.5) is 5.69 Å². The van der Waals surface area contributed by atoms with Gasteiger partial charge >= 0.3 is 0 Å². The minimum absolute atomic E-state index is 0.271. The van der Waals surface area contributed by atoms with Gasteiger partial charge in [0.05, 0.1) is 30.7 Å². The Kier molecular flexibility index (Phi) is 5.89. The van der Waals surface area contributed by atoms with Gasteiger partial charge in [-0.15, -0.1) is 0 Å². The van der Waals surface area contributed by atoms with E-state index in [1.807, 2.05) is 6.92 Å². The maximum absolute atomic E-state index is 12.5. The number of hydrogen-bond donors (Lipinski definition) is 2. The zero-order chi connectivity index (χ0) is 19.1. The monoisotopic (exact) mass is 364 g/mol. The number of ether oxygens (including phenoxy) is 1. The van der Waals surface area contributed by atoms with E-state index in [0.29, 0.717) is 34.9 Å². The Balaban J connectivity index is 1.69. The molecule has 2 amide bonds. The predicted octanol–water partition coefficient (Wildman–Crippen LogP) is 3.86. The van der Waals surface area contributed by atoms with E-state index in [9.17, 15) is 9.59 Å². The third-order valence-corrected chi connectivity index (χ3v) is 3.85. The summed E-state index contributed by atoms with van der Waals surface area (Å²) in [6, 6.07) is 17.2. The lowest BCUT2D eigenvalue weighted by Gasteiger charge is -2.11. The van der Waals surface area contributed by atoms with E-state index in [1.54, 1.807) is 66.9 Å². The van der Waals surface area contributed by atoms with Crippen molar-refractivity contribution in [2.75, 3.05) is 11.9 Å². The summed E-state index contributed by atoms with van der Waals surface area (Å²) < 4.78 is 10.6. The maximum atomic E-state index is 12.5. The summed E-state index contributed by atoms with van der Waals surface area (Å²) in [7, 11) is 0. The SMILES string of the molecule is CCOc1ccc(C(=O)Nc2ccccc2C(=O)NCc2ccco2)cc1. The number of carbonyl (C=O) groups is 2. The summed E-state index contributed by atoms with van der Waals surface area (Å²) in [6.07, 6.45) is 1.55. The largest absolute Gasteiger partial charge is 0.494 e. The highest BCUT2D eigenvalue weighted by molar-refractivity contribution is 6.09. The summed E-state index contributed by atoms with van der Waals surface area (Å²) in [5, 5.41) is 5.56. The maximum Gasteiger partial charge on any atom is 0.255 e. The Hall–Kier alpha value is -3.54. The second-order valence-corrected chi connectivity index (χ2v) is 5.72. The van der Waals surface area contributed by atoms with Crippen molar-refractivity contribution in [3.8, 4) is 5.75 Å². The van der Waals surface area contributed by atoms with E-state index in [1.165, 1.54) is 0 Å². The number of hydrogen-bond acceptors (Lipinski definition) is 4. The summed E-state index contributed by atoms with van der Waals surface area (Å²) in [4.78, 5) is 25.0. The van der Waals surface area contributed by atoms with Crippen LogP contribution in [-0.2, 0) is 6.54 Å². The lowest BCUT2D eigenvalue weighted by molar-refractivity contribution is 0.0949. The molecular weight excluding hydrogens is 344 g/mol. The zero-order valence-electron chi connectivity index (χ0n) is 14.9. The molecule has 0 saturated heterocycles. The third-order valence-electron chi connectivity index (χ3n) is 3.85. The summed E-state index contributed by atoms with van der Waals surface area (Å²) in [5.74, 6) is 0.754. The van der Waals surface area contributed by atoms with Crippen molar-refractivity contribution in [2.24, 2.45) is 0 Å². The van der Waals surface area contributed by atoms with Crippen molar-refractivity contribution in [3.05, 3.63) is 83.8 Å². The van der Waals surface area contributed by atoms with E-state index in [-0.39, 0.29) is 18.4 Å². The molecule has 0 aliphatic rings. The van der Waals surface area contributed by atoms with Crippen LogP contribution in [-0.4, -0.2) is 18.4 Å². The quantitative estimate of drug-likeness (QED) is 0.667. The number of furan rings is 1. The number of amides is 2. The number of benzene rings is 2. The standard InChI is InChI=1S/C21H20N2O4/c1-2-26-16-11-9-15(10-12-16)20(24)23-19-8-4-3-7-18(19)21(25)22-14-17-6-5-13-27-17/h3-13H,2,14H2,1H3,(H,22,25)(H,23,24). The van der Waals surface area contributed by atoms with Crippen LogP contribution in [0.2, 0.25) is 0 Å². The number of para-hydroxylation sites is 1. The zero-order valence-corrected chi connectivity index (χ0v) is 14.9. The summed E-state index contributed by atoms with van der Waals surface area (Å²) in [5.41, 5.74) is 1.29. The molecule has 0 aliphatic heterocycles. The Morgan fingerprint density at radius 2 is 1.74 bits per heavy atom. The van der Waals surface area contributed by atoms with Crippen LogP contribution in [0.3, 0.4) is 0 Å². The third kappa shape index (κ3) is 4.76. The van der Waals surface area contributed by atoms with Gasteiger partial charge in [-0.25, -0.2) is 0 Å². The van der Waals surface area contributed by atoms with Crippen LogP contribution in [0.15, 0.2) is 71.3 Å². The fourth-order valence-electron chi connectivity index (χ4n) is 2.53. The number of rotatable bonds is 7. The molecule has 0 unspecified atom stereocenters. The van der Waals surface area contributed by atoms with Crippen molar-refractivity contribution in [2.45, 2.75) is 13.5 Å². The molecule has 6 heteroatoms. The van der Waals surface area contributed by atoms with Crippen molar-refractivity contribution >= 4 is 17.5 Å². The topological polar surface area (TPSA) is 80.6 Å². The van der Waals surface area contributed by atoms with E-state index in [0.717, 1.165) is 0 Å². The molecule has 6 nitrogen and oxygen atoms in total. The van der Waals surface area contributed by atoms with Gasteiger partial charge in [-0.2, -0.15) is 0 Å². The average Bonchev–Trinajstić information content (AvgIpc) is 3.21. The average molecular weight is 364 g/mol. The van der Waals surface area contributed by atoms with E-state index in [2.05, 4.69) is 10.6 Å². The van der Waals surface area contributed by atoms with E-state index in [4.69, 9.17) is 9.15 Å². The normalized spacial score (nSPS) is 10.3. The lowest BCUT2D eigenvalue weighted by Crippen LogP contribution is -2.24. The molecule has 0 spiro atoms. The Bertz CT molecular complexity index is 902. The summed E-state index contributed by atoms with van der Waals surface area (Å²) in [6.45, 7) is 2.73. The molecule has 27 heavy (non-hydrogen) atoms. The molecule has 0 fully saturated rings. The smallest absolute Gasteiger partial charge is 0.255 e. The van der Waals surface area contributed by atoms with Crippen LogP contribution in [0, 0.1) is 0 Å². The molecule has 0 saturated carbocycles. The van der Waals surface area contributed by atoms with Crippen molar-refractivity contribution in [1.29, 1.82) is 0 Å². The van der Waals surface area contributed by atoms with E-state index < -0.39 is 0 Å². The van der Waals surface area contributed by atoms with Crippen LogP contribution < -0.4 is 15.4 Å². The van der Waals surface area contributed by atoms with Gasteiger partial charge in [-0.1, -0.05) is 12.1 Å². The molecule has 1 aromatic heterocycles. The molecule has 0 bridgehead atoms. The molecule has 0 atom stereocenters. The van der Waals surface area contributed by atoms with Crippen molar-refractivity contribution < 1.29 is 18.7 Å². The summed E-state index contributed by atoms with van der Waals surface area (Å²) >= 11 is 0. The lowest BCUT2D eigenvalue weighted by atomic mass is 10.1. The Morgan fingerprint density at radius 1 is 0.963 bits per heavy atom. The van der Waals surface area contributed by atoms with Crippen LogP contribution in [0.1, 0.15) is 33.4 Å². The molecule has 138 valence electrons. The van der Waals surface area contributed by atoms with Gasteiger partial charge < -0.3 is 19.8 Å². The van der Waals surface area contributed by atoms with Gasteiger partial charge in [0.1, 0.15) is 11.5 Å². The second kappa shape index (κ2) is 8.71. The van der Waals surface area contributed by atoms with Crippen LogP contribution in [0.5, 0.6) is 5.75 Å². The number of nitrogens with one attached hydrogen (secondary N) is 2. The second-order valence-electron chi connectivity index (χ2n) is 5.72. The minimum atomic E-state index is -0.302. The molecule has 0 aliphatic carbocycles. The number of anilines is 1. The molecule has 1 heterocycles. The first kappa shape index (κ1) is 18.3. The van der Waals surface area contributed by atoms with Gasteiger partial charge in [0.25, 0.3) is 11.8 Å². The van der Waals surface area contributed by atoms with Gasteiger partial charge in [-0.3, -0.25) is 9.59 Å². The van der Waals surface area contributed by atoms with E-state index >= 15 is 0 Å². The molecule has 3 rings (SSSR count). The fraction of sp³-hybridized carbons (Fsp3) is 0.143. The van der Waals surface area contributed by atoms with Gasteiger partial charge in [0.2, 0.25) is 0 Å². The molecule has 2 aromatic carbocycles. The van der Waals surface area contributed by atoms with Crippen LogP contribution >= 0.6 is 0 Å². The highest BCUT2D eigenvalue weighted by Crippen LogP contribution is 2.18. The van der Waals surface area contributed by atoms with Crippen molar-refractivity contribution in [1.82, 2.24) is 5.32 Å². The van der Waals surface area contributed by atoms with Gasteiger partial charge in [0.15, 0.2) is 0 Å². The van der Waals surface area contributed by atoms with Crippen LogP contribution in [0.25, 0.3) is 0 Å². The number of carbonyl (C=O) groups excluding carboxylic acids is 2. The predicted molar refractivity (Wildman–Crippen MR) is 102 cm³/mol. The van der Waals surface area contributed by atoms with Crippen molar-refractivity contribution in [3.63, 3.8) is 0 Å². The highest BCUT2D eigenvalue weighted by atomic mass is 16.5. The Morgan fingerprint density at radius 3 is 2.44 bits per heavy atom. The minimum Gasteiger partial charge on any atom is -0.494 e. The first-order chi connectivity index (χ1) is 13.2. The first-order valence-electron chi connectivity index (χ1n) is 8.61. The molecule has 0 radical (unpaired) electrons. The Labute approximate surface area is 157 Å².